The molecular formula is C13H25N3O. The largest absolute Gasteiger partial charge is 0.493 e. The summed E-state index contributed by atoms with van der Waals surface area (Å²) in [6.45, 7) is 10.6. The number of nitrogens with one attached hydrogen (secondary N) is 1. The van der Waals surface area contributed by atoms with Crippen LogP contribution >= 0.6 is 0 Å². The molecule has 1 heterocycles. The number of ether oxygens (including phenoxy) is 1. The van der Waals surface area contributed by atoms with Gasteiger partial charge in [0.15, 0.2) is 5.75 Å². The van der Waals surface area contributed by atoms with Gasteiger partial charge in [0.2, 0.25) is 0 Å². The lowest BCUT2D eigenvalue weighted by molar-refractivity contribution is 0.397. The molecule has 1 aromatic rings. The van der Waals surface area contributed by atoms with Crippen LogP contribution in [0, 0.1) is 5.92 Å². The Kier molecular flexibility index (Phi) is 5.48. The van der Waals surface area contributed by atoms with Crippen molar-refractivity contribution in [3.8, 4) is 5.75 Å². The number of hydrogen-bond acceptors (Lipinski definition) is 3. The topological polar surface area (TPSA) is 39.1 Å². The van der Waals surface area contributed by atoms with E-state index in [4.69, 9.17) is 4.74 Å². The molecule has 0 amide bonds. The second-order valence-electron chi connectivity index (χ2n) is 4.85. The van der Waals surface area contributed by atoms with E-state index in [9.17, 15) is 0 Å². The van der Waals surface area contributed by atoms with Gasteiger partial charge in [-0.3, -0.25) is 4.68 Å². The average Bonchev–Trinajstić information content (AvgIpc) is 2.68. The van der Waals surface area contributed by atoms with Gasteiger partial charge >= 0.3 is 0 Å². The summed E-state index contributed by atoms with van der Waals surface area (Å²) in [5.74, 6) is 1.48. The first kappa shape index (κ1) is 14.0. The van der Waals surface area contributed by atoms with E-state index in [0.717, 1.165) is 25.3 Å². The highest BCUT2D eigenvalue weighted by Crippen LogP contribution is 2.20. The summed E-state index contributed by atoms with van der Waals surface area (Å²) in [4.78, 5) is 0. The molecule has 4 heteroatoms. The van der Waals surface area contributed by atoms with Crippen LogP contribution in [0.1, 0.15) is 33.4 Å². The van der Waals surface area contributed by atoms with Crippen molar-refractivity contribution in [1.82, 2.24) is 15.1 Å². The van der Waals surface area contributed by atoms with Crippen LogP contribution in [0.25, 0.3) is 0 Å². The lowest BCUT2D eigenvalue weighted by Gasteiger charge is -2.16. The van der Waals surface area contributed by atoms with Crippen molar-refractivity contribution in [1.29, 1.82) is 0 Å². The molecule has 1 atom stereocenters. The standard InChI is InChI=1S/C13H25N3O/c1-6-16-12(13(17-5)9-15-16)7-11(4)8-14-10(2)3/h9-11,14H,6-8H2,1-5H3. The fourth-order valence-corrected chi connectivity index (χ4v) is 1.88. The van der Waals surface area contributed by atoms with Crippen LogP contribution in [-0.2, 0) is 13.0 Å². The molecule has 0 aromatic carbocycles. The number of methoxy groups -OCH3 is 1. The summed E-state index contributed by atoms with van der Waals surface area (Å²) in [6, 6.07) is 0.537. The van der Waals surface area contributed by atoms with Gasteiger partial charge in [-0.25, -0.2) is 0 Å². The number of aryl methyl sites for hydroxylation is 1. The highest BCUT2D eigenvalue weighted by atomic mass is 16.5. The minimum absolute atomic E-state index is 0.537. The zero-order chi connectivity index (χ0) is 12.8. The summed E-state index contributed by atoms with van der Waals surface area (Å²) in [7, 11) is 1.71. The molecule has 0 saturated carbocycles. The highest BCUT2D eigenvalue weighted by molar-refractivity contribution is 5.25. The highest BCUT2D eigenvalue weighted by Gasteiger charge is 2.14. The molecule has 98 valence electrons. The number of rotatable bonds is 7. The Morgan fingerprint density at radius 2 is 2.12 bits per heavy atom. The smallest absolute Gasteiger partial charge is 0.159 e. The van der Waals surface area contributed by atoms with E-state index in [-0.39, 0.29) is 0 Å². The number of nitrogens with zero attached hydrogens (tertiary/aromatic N) is 2. The van der Waals surface area contributed by atoms with E-state index in [0.29, 0.717) is 12.0 Å². The SMILES string of the molecule is CCn1ncc(OC)c1CC(C)CNC(C)C. The zero-order valence-corrected chi connectivity index (χ0v) is 11.7. The van der Waals surface area contributed by atoms with Crippen LogP contribution in [-0.4, -0.2) is 29.5 Å². The quantitative estimate of drug-likeness (QED) is 0.792. The third kappa shape index (κ3) is 4.04. The summed E-state index contributed by atoms with van der Waals surface area (Å²) < 4.78 is 7.37. The maximum Gasteiger partial charge on any atom is 0.159 e. The van der Waals surface area contributed by atoms with Crippen LogP contribution in [0.5, 0.6) is 5.75 Å². The van der Waals surface area contributed by atoms with Gasteiger partial charge in [-0.2, -0.15) is 5.10 Å². The molecule has 1 N–H and O–H groups in total. The third-order valence-electron chi connectivity index (χ3n) is 2.85. The van der Waals surface area contributed by atoms with E-state index in [1.807, 2.05) is 4.68 Å². The Morgan fingerprint density at radius 3 is 2.65 bits per heavy atom. The number of hydrogen-bond donors (Lipinski definition) is 1. The van der Waals surface area contributed by atoms with Crippen LogP contribution in [0.15, 0.2) is 6.20 Å². The average molecular weight is 239 g/mol. The Bertz CT molecular complexity index is 312. The van der Waals surface area contributed by atoms with Crippen molar-refractivity contribution >= 4 is 0 Å². The molecule has 1 rings (SSSR count). The maximum atomic E-state index is 5.35. The Labute approximate surface area is 104 Å². The van der Waals surface area contributed by atoms with Crippen LogP contribution < -0.4 is 10.1 Å². The van der Waals surface area contributed by atoms with E-state index in [1.54, 1.807) is 13.3 Å². The lowest BCUT2D eigenvalue weighted by Crippen LogP contribution is -2.29. The van der Waals surface area contributed by atoms with Gasteiger partial charge in [0, 0.05) is 12.6 Å². The van der Waals surface area contributed by atoms with Gasteiger partial charge in [-0.05, 0) is 25.8 Å². The molecule has 0 fully saturated rings. The minimum Gasteiger partial charge on any atom is -0.493 e. The molecule has 0 aliphatic heterocycles. The summed E-state index contributed by atoms with van der Waals surface area (Å²) in [6.07, 6.45) is 2.80. The monoisotopic (exact) mass is 239 g/mol. The molecular weight excluding hydrogens is 214 g/mol. The maximum absolute atomic E-state index is 5.35. The van der Waals surface area contributed by atoms with Crippen molar-refractivity contribution in [2.45, 2.75) is 46.7 Å². The Hall–Kier alpha value is -1.03. The van der Waals surface area contributed by atoms with Gasteiger partial charge in [0.25, 0.3) is 0 Å². The predicted molar refractivity (Wildman–Crippen MR) is 70.5 cm³/mol. The summed E-state index contributed by atoms with van der Waals surface area (Å²) >= 11 is 0. The predicted octanol–water partition coefficient (Wildman–Crippen LogP) is 2.09. The van der Waals surface area contributed by atoms with Crippen molar-refractivity contribution in [3.63, 3.8) is 0 Å². The van der Waals surface area contributed by atoms with E-state index in [2.05, 4.69) is 38.1 Å². The fraction of sp³-hybridized carbons (Fsp3) is 0.769. The summed E-state index contributed by atoms with van der Waals surface area (Å²) in [5.41, 5.74) is 1.20. The zero-order valence-electron chi connectivity index (χ0n) is 11.7. The molecule has 0 bridgehead atoms. The first-order valence-electron chi connectivity index (χ1n) is 6.40. The van der Waals surface area contributed by atoms with Gasteiger partial charge in [0.05, 0.1) is 19.0 Å². The molecule has 0 radical (unpaired) electrons. The third-order valence-corrected chi connectivity index (χ3v) is 2.85. The van der Waals surface area contributed by atoms with Gasteiger partial charge in [-0.15, -0.1) is 0 Å². The van der Waals surface area contributed by atoms with Gasteiger partial charge in [-0.1, -0.05) is 20.8 Å². The first-order chi connectivity index (χ1) is 8.08. The fourth-order valence-electron chi connectivity index (χ4n) is 1.88. The molecule has 0 aliphatic carbocycles. The second kappa shape index (κ2) is 6.64. The normalized spacial score (nSPS) is 13.1. The Morgan fingerprint density at radius 1 is 1.41 bits per heavy atom. The number of aromatic nitrogens is 2. The van der Waals surface area contributed by atoms with Gasteiger partial charge in [0.1, 0.15) is 0 Å². The molecule has 17 heavy (non-hydrogen) atoms. The van der Waals surface area contributed by atoms with E-state index in [1.165, 1.54) is 5.69 Å². The summed E-state index contributed by atoms with van der Waals surface area (Å²) in [5, 5.41) is 7.79. The molecule has 1 aromatic heterocycles. The molecule has 1 unspecified atom stereocenters. The van der Waals surface area contributed by atoms with Crippen molar-refractivity contribution in [3.05, 3.63) is 11.9 Å². The van der Waals surface area contributed by atoms with Crippen molar-refractivity contribution in [2.24, 2.45) is 5.92 Å². The molecule has 0 aliphatic rings. The molecule has 0 spiro atoms. The van der Waals surface area contributed by atoms with Crippen LogP contribution in [0.3, 0.4) is 0 Å². The van der Waals surface area contributed by atoms with E-state index >= 15 is 0 Å². The van der Waals surface area contributed by atoms with Gasteiger partial charge < -0.3 is 10.1 Å². The van der Waals surface area contributed by atoms with Crippen LogP contribution in [0.2, 0.25) is 0 Å². The van der Waals surface area contributed by atoms with Crippen molar-refractivity contribution in [2.75, 3.05) is 13.7 Å². The Balaban J connectivity index is 2.62. The van der Waals surface area contributed by atoms with Crippen LogP contribution in [0.4, 0.5) is 0 Å². The minimum atomic E-state index is 0.537. The lowest BCUT2D eigenvalue weighted by atomic mass is 10.0. The van der Waals surface area contributed by atoms with E-state index < -0.39 is 0 Å². The van der Waals surface area contributed by atoms with Crippen molar-refractivity contribution < 1.29 is 4.74 Å². The molecule has 4 nitrogen and oxygen atoms in total. The first-order valence-corrected chi connectivity index (χ1v) is 6.40. The molecule has 0 saturated heterocycles. The second-order valence-corrected chi connectivity index (χ2v) is 4.85.